The minimum Gasteiger partial charge on any atom is -0.479 e. The molecule has 0 saturated carbocycles. The highest BCUT2D eigenvalue weighted by molar-refractivity contribution is 5.28. The van der Waals surface area contributed by atoms with Crippen molar-refractivity contribution in [2.24, 2.45) is 0 Å². The van der Waals surface area contributed by atoms with Gasteiger partial charge in [0, 0.05) is 11.9 Å². The number of nitrogens with zero attached hydrogens (tertiary/aromatic N) is 2. The van der Waals surface area contributed by atoms with Crippen LogP contribution in [0.15, 0.2) is 42.7 Å². The van der Waals surface area contributed by atoms with E-state index < -0.39 is 0 Å². The van der Waals surface area contributed by atoms with Crippen LogP contribution in [0.4, 0.5) is 0 Å². The third-order valence-electron chi connectivity index (χ3n) is 2.05. The van der Waals surface area contributed by atoms with Crippen LogP contribution >= 0.6 is 0 Å². The van der Waals surface area contributed by atoms with Crippen LogP contribution in [0.1, 0.15) is 11.4 Å². The third kappa shape index (κ3) is 3.62. The molecular formula is C14H12N2O. The van der Waals surface area contributed by atoms with Gasteiger partial charge in [-0.2, -0.15) is 0 Å². The Morgan fingerprint density at radius 3 is 2.94 bits per heavy atom. The highest BCUT2D eigenvalue weighted by Gasteiger charge is 1.90. The van der Waals surface area contributed by atoms with Gasteiger partial charge in [0.15, 0.2) is 0 Å². The Morgan fingerprint density at radius 1 is 1.24 bits per heavy atom. The molecule has 0 saturated heterocycles. The van der Waals surface area contributed by atoms with Crippen LogP contribution in [0.5, 0.6) is 5.75 Å². The van der Waals surface area contributed by atoms with Gasteiger partial charge in [0.2, 0.25) is 0 Å². The molecule has 2 aromatic rings. The van der Waals surface area contributed by atoms with Crippen LogP contribution in [0.25, 0.3) is 0 Å². The van der Waals surface area contributed by atoms with Crippen molar-refractivity contribution in [3.8, 4) is 17.6 Å². The van der Waals surface area contributed by atoms with Crippen LogP contribution in [-0.4, -0.2) is 16.6 Å². The first-order valence-electron chi connectivity index (χ1n) is 5.30. The van der Waals surface area contributed by atoms with E-state index in [0.29, 0.717) is 6.61 Å². The number of hydrogen-bond donors (Lipinski definition) is 0. The first-order valence-corrected chi connectivity index (χ1v) is 5.30. The highest BCUT2D eigenvalue weighted by atomic mass is 16.5. The molecule has 0 aromatic carbocycles. The molecule has 2 aromatic heterocycles. The van der Waals surface area contributed by atoms with Gasteiger partial charge in [0.1, 0.15) is 18.1 Å². The lowest BCUT2D eigenvalue weighted by molar-refractivity contribution is 0.368. The van der Waals surface area contributed by atoms with E-state index in [9.17, 15) is 0 Å². The van der Waals surface area contributed by atoms with Gasteiger partial charge < -0.3 is 4.74 Å². The van der Waals surface area contributed by atoms with Crippen molar-refractivity contribution in [3.05, 3.63) is 54.1 Å². The summed E-state index contributed by atoms with van der Waals surface area (Å²) in [4.78, 5) is 8.22. The van der Waals surface area contributed by atoms with Crippen molar-refractivity contribution >= 4 is 0 Å². The number of hydrogen-bond acceptors (Lipinski definition) is 3. The van der Waals surface area contributed by atoms with E-state index in [-0.39, 0.29) is 0 Å². The van der Waals surface area contributed by atoms with Gasteiger partial charge >= 0.3 is 0 Å². The number of rotatable bonds is 2. The molecule has 0 N–H and O–H groups in total. The monoisotopic (exact) mass is 224 g/mol. The molecule has 0 bridgehead atoms. The van der Waals surface area contributed by atoms with Crippen LogP contribution in [0.3, 0.4) is 0 Å². The first-order chi connectivity index (χ1) is 8.34. The molecule has 0 amide bonds. The topological polar surface area (TPSA) is 35.0 Å². The van der Waals surface area contributed by atoms with Crippen LogP contribution in [0, 0.1) is 18.8 Å². The molecule has 0 radical (unpaired) electrons. The van der Waals surface area contributed by atoms with Gasteiger partial charge in [-0.3, -0.25) is 4.98 Å². The molecule has 2 heterocycles. The van der Waals surface area contributed by atoms with Crippen molar-refractivity contribution in [2.75, 3.05) is 6.61 Å². The predicted octanol–water partition coefficient (Wildman–Crippen LogP) is 2.22. The van der Waals surface area contributed by atoms with Crippen LogP contribution < -0.4 is 4.74 Å². The van der Waals surface area contributed by atoms with Gasteiger partial charge in [-0.15, -0.1) is 0 Å². The second kappa shape index (κ2) is 5.66. The molecule has 0 unspecified atom stereocenters. The van der Waals surface area contributed by atoms with Crippen LogP contribution in [0.2, 0.25) is 0 Å². The fourth-order valence-electron chi connectivity index (χ4n) is 1.29. The summed E-state index contributed by atoms with van der Waals surface area (Å²) in [5.41, 5.74) is 1.73. The third-order valence-corrected chi connectivity index (χ3v) is 2.05. The molecule has 3 heteroatoms. The number of aryl methyl sites for hydroxylation is 1. The molecule has 0 aliphatic carbocycles. The van der Waals surface area contributed by atoms with E-state index >= 15 is 0 Å². The maximum atomic E-state index is 5.39. The summed E-state index contributed by atoms with van der Waals surface area (Å²) in [5.74, 6) is 6.59. The Morgan fingerprint density at radius 2 is 2.18 bits per heavy atom. The average molecular weight is 224 g/mol. The molecule has 84 valence electrons. The van der Waals surface area contributed by atoms with Gasteiger partial charge in [-0.25, -0.2) is 4.98 Å². The second-order valence-corrected chi connectivity index (χ2v) is 3.44. The van der Waals surface area contributed by atoms with E-state index in [4.69, 9.17) is 4.74 Å². The van der Waals surface area contributed by atoms with Crippen molar-refractivity contribution in [2.45, 2.75) is 6.92 Å². The fourth-order valence-corrected chi connectivity index (χ4v) is 1.29. The largest absolute Gasteiger partial charge is 0.479 e. The van der Waals surface area contributed by atoms with E-state index in [1.165, 1.54) is 0 Å². The highest BCUT2D eigenvalue weighted by Crippen LogP contribution is 2.05. The van der Waals surface area contributed by atoms with Crippen LogP contribution in [-0.2, 0) is 0 Å². The molecule has 0 fully saturated rings. The van der Waals surface area contributed by atoms with Gasteiger partial charge in [-0.1, -0.05) is 12.0 Å². The zero-order chi connectivity index (χ0) is 11.9. The molecule has 17 heavy (non-hydrogen) atoms. The lowest BCUT2D eigenvalue weighted by Gasteiger charge is -1.98. The summed E-state index contributed by atoms with van der Waals surface area (Å²) in [6, 6.07) is 9.43. The number of pyridine rings is 2. The minimum absolute atomic E-state index is 0.335. The smallest absolute Gasteiger partial charge is 0.149 e. The summed E-state index contributed by atoms with van der Waals surface area (Å²) in [6.45, 7) is 2.28. The van der Waals surface area contributed by atoms with Gasteiger partial charge in [-0.05, 0) is 37.1 Å². The number of aromatic nitrogens is 2. The molecule has 0 atom stereocenters. The standard InChI is InChI=1S/C14H12N2O/c1-12-5-2-6-13(16-12)7-4-10-17-14-8-3-9-15-11-14/h2-3,5-6,8-9,11H,10H2,1H3. The molecule has 0 spiro atoms. The lowest BCUT2D eigenvalue weighted by Crippen LogP contribution is -1.94. The molecule has 0 aliphatic heterocycles. The zero-order valence-electron chi connectivity index (χ0n) is 9.55. The molecule has 2 rings (SSSR count). The Kier molecular flexibility index (Phi) is 3.72. The van der Waals surface area contributed by atoms with Crippen molar-refractivity contribution in [3.63, 3.8) is 0 Å². The van der Waals surface area contributed by atoms with E-state index in [1.54, 1.807) is 12.4 Å². The summed E-state index contributed by atoms with van der Waals surface area (Å²) < 4.78 is 5.39. The molecular weight excluding hydrogens is 212 g/mol. The van der Waals surface area contributed by atoms with Crippen molar-refractivity contribution in [1.82, 2.24) is 9.97 Å². The summed E-state index contributed by atoms with van der Waals surface area (Å²) in [7, 11) is 0. The van der Waals surface area contributed by atoms with Gasteiger partial charge in [0.05, 0.1) is 6.20 Å². The van der Waals surface area contributed by atoms with Crippen molar-refractivity contribution in [1.29, 1.82) is 0 Å². The summed E-state index contributed by atoms with van der Waals surface area (Å²) >= 11 is 0. The SMILES string of the molecule is Cc1cccc(C#CCOc2cccnc2)n1. The number of ether oxygens (including phenoxy) is 1. The normalized spacial score (nSPS) is 9.24. The van der Waals surface area contributed by atoms with Gasteiger partial charge in [0.25, 0.3) is 0 Å². The minimum atomic E-state index is 0.335. The zero-order valence-corrected chi connectivity index (χ0v) is 9.55. The van der Waals surface area contributed by atoms with E-state index in [1.807, 2.05) is 37.3 Å². The first kappa shape index (κ1) is 11.2. The van der Waals surface area contributed by atoms with E-state index in [0.717, 1.165) is 17.1 Å². The maximum absolute atomic E-state index is 5.39. The van der Waals surface area contributed by atoms with Crippen molar-refractivity contribution < 1.29 is 4.74 Å². The maximum Gasteiger partial charge on any atom is 0.149 e. The Labute approximate surface area is 101 Å². The fraction of sp³-hybridized carbons (Fsp3) is 0.143. The Hall–Kier alpha value is -2.34. The molecule has 3 nitrogen and oxygen atoms in total. The molecule has 0 aliphatic rings. The summed E-state index contributed by atoms with van der Waals surface area (Å²) in [6.07, 6.45) is 3.36. The second-order valence-electron chi connectivity index (χ2n) is 3.44. The summed E-state index contributed by atoms with van der Waals surface area (Å²) in [5, 5.41) is 0. The Balaban J connectivity index is 1.91. The van der Waals surface area contributed by atoms with E-state index in [2.05, 4.69) is 21.8 Å². The lowest BCUT2D eigenvalue weighted by atomic mass is 10.3. The quantitative estimate of drug-likeness (QED) is 0.734. The average Bonchev–Trinajstić information content (AvgIpc) is 2.36. The Bertz CT molecular complexity index is 541. The predicted molar refractivity (Wildman–Crippen MR) is 65.6 cm³/mol.